The molecule has 1 fully saturated rings. The van der Waals surface area contributed by atoms with Gasteiger partial charge in [-0.3, -0.25) is 4.79 Å². The first-order valence-corrected chi connectivity index (χ1v) is 7.12. The van der Waals surface area contributed by atoms with Gasteiger partial charge in [0.25, 0.3) is 5.91 Å². The van der Waals surface area contributed by atoms with Gasteiger partial charge in [-0.2, -0.15) is 0 Å². The van der Waals surface area contributed by atoms with Crippen LogP contribution in [0, 0.1) is 0 Å². The van der Waals surface area contributed by atoms with Crippen molar-refractivity contribution in [2.24, 2.45) is 5.73 Å². The topological polar surface area (TPSA) is 64.8 Å². The summed E-state index contributed by atoms with van der Waals surface area (Å²) in [6.07, 6.45) is 1.04. The first-order chi connectivity index (χ1) is 9.65. The van der Waals surface area contributed by atoms with E-state index in [1.165, 1.54) is 0 Å². The molecule has 0 saturated carbocycles. The fraction of sp³-hybridized carbons (Fsp3) is 0.533. The van der Waals surface area contributed by atoms with Gasteiger partial charge in [0.05, 0.1) is 0 Å². The van der Waals surface area contributed by atoms with Crippen molar-refractivity contribution in [3.05, 3.63) is 24.3 Å². The normalized spacial score (nSPS) is 29.1. The maximum absolute atomic E-state index is 12.6. The van der Waals surface area contributed by atoms with Crippen LogP contribution >= 0.6 is 0 Å². The zero-order valence-electron chi connectivity index (χ0n) is 11.6. The van der Waals surface area contributed by atoms with E-state index in [1.807, 2.05) is 31.2 Å². The number of likely N-dealkylation sites (tertiary alicyclic amines) is 1. The van der Waals surface area contributed by atoms with Gasteiger partial charge in [-0.1, -0.05) is 12.1 Å². The van der Waals surface area contributed by atoms with Gasteiger partial charge in [-0.25, -0.2) is 0 Å². The molecule has 3 unspecified atom stereocenters. The minimum Gasteiger partial charge on any atom is -0.482 e. The highest BCUT2D eigenvalue weighted by Crippen LogP contribution is 2.34. The first kappa shape index (κ1) is 13.2. The lowest BCUT2D eigenvalue weighted by Crippen LogP contribution is -2.54. The first-order valence-electron chi connectivity index (χ1n) is 7.12. The van der Waals surface area contributed by atoms with Crippen LogP contribution in [0.1, 0.15) is 19.8 Å². The number of hydrogen-bond acceptors (Lipinski definition) is 4. The van der Waals surface area contributed by atoms with E-state index in [4.69, 9.17) is 15.2 Å². The minimum atomic E-state index is -0.588. The summed E-state index contributed by atoms with van der Waals surface area (Å²) in [6.45, 7) is 3.22. The fourth-order valence-electron chi connectivity index (χ4n) is 2.78. The van der Waals surface area contributed by atoms with Crippen molar-refractivity contribution in [1.29, 1.82) is 0 Å². The molecule has 1 aromatic rings. The Bertz CT molecular complexity index is 506. The Hall–Kier alpha value is -1.75. The number of rotatable bonds is 1. The highest BCUT2D eigenvalue weighted by atomic mass is 16.6. The third kappa shape index (κ3) is 2.45. The van der Waals surface area contributed by atoms with Gasteiger partial charge < -0.3 is 20.1 Å². The summed E-state index contributed by atoms with van der Waals surface area (Å²) in [7, 11) is 0. The molecule has 108 valence electrons. The maximum Gasteiger partial charge on any atom is 0.267 e. The molecular formula is C15H20N2O3. The predicted octanol–water partition coefficient (Wildman–Crippen LogP) is 1.16. The third-order valence-electron chi connectivity index (χ3n) is 3.86. The van der Waals surface area contributed by atoms with Crippen molar-refractivity contribution in [1.82, 2.24) is 4.90 Å². The minimum absolute atomic E-state index is 0.0258. The number of carbonyl (C=O) groups excluding carboxylic acids is 1. The number of carbonyl (C=O) groups is 1. The van der Waals surface area contributed by atoms with Crippen LogP contribution in [0.5, 0.6) is 11.5 Å². The number of nitrogens with zero attached hydrogens (tertiary/aromatic N) is 1. The molecule has 5 nitrogen and oxygen atoms in total. The average Bonchev–Trinajstić information content (AvgIpc) is 2.46. The Morgan fingerprint density at radius 1 is 1.30 bits per heavy atom. The van der Waals surface area contributed by atoms with Crippen LogP contribution in [0.25, 0.3) is 0 Å². The molecule has 20 heavy (non-hydrogen) atoms. The number of amides is 1. The molecule has 3 rings (SSSR count). The molecule has 5 heteroatoms. The van der Waals surface area contributed by atoms with E-state index in [-0.39, 0.29) is 18.1 Å². The van der Waals surface area contributed by atoms with Crippen molar-refractivity contribution in [3.63, 3.8) is 0 Å². The third-order valence-corrected chi connectivity index (χ3v) is 3.86. The van der Waals surface area contributed by atoms with Crippen molar-refractivity contribution in [2.75, 3.05) is 13.1 Å². The number of hydrogen-bond donors (Lipinski definition) is 1. The second kappa shape index (κ2) is 5.32. The molecule has 1 amide bonds. The molecule has 1 aromatic carbocycles. The summed E-state index contributed by atoms with van der Waals surface area (Å²) in [5, 5.41) is 0. The lowest BCUT2D eigenvalue weighted by molar-refractivity contribution is -0.145. The van der Waals surface area contributed by atoms with E-state index in [2.05, 4.69) is 0 Å². The zero-order chi connectivity index (χ0) is 14.1. The Balaban J connectivity index is 1.75. The van der Waals surface area contributed by atoms with Gasteiger partial charge in [-0.15, -0.1) is 0 Å². The van der Waals surface area contributed by atoms with Gasteiger partial charge in [0, 0.05) is 19.1 Å². The lowest BCUT2D eigenvalue weighted by atomic mass is 10.0. The van der Waals surface area contributed by atoms with E-state index in [1.54, 1.807) is 4.90 Å². The molecule has 0 aromatic heterocycles. The SMILES string of the molecule is CC1Oc2ccccc2OC1C(=O)N1CCCC(N)C1. The zero-order valence-corrected chi connectivity index (χ0v) is 11.6. The Labute approximate surface area is 118 Å². The monoisotopic (exact) mass is 276 g/mol. The molecule has 0 aliphatic carbocycles. The number of nitrogens with two attached hydrogens (primary N) is 1. The second-order valence-corrected chi connectivity index (χ2v) is 5.49. The van der Waals surface area contributed by atoms with E-state index in [0.29, 0.717) is 18.0 Å². The average molecular weight is 276 g/mol. The van der Waals surface area contributed by atoms with Crippen LogP contribution in [-0.2, 0) is 4.79 Å². The van der Waals surface area contributed by atoms with Crippen LogP contribution in [0.15, 0.2) is 24.3 Å². The summed E-state index contributed by atoms with van der Waals surface area (Å²) < 4.78 is 11.6. The van der Waals surface area contributed by atoms with Crippen molar-refractivity contribution in [2.45, 2.75) is 38.0 Å². The smallest absolute Gasteiger partial charge is 0.267 e. The largest absolute Gasteiger partial charge is 0.482 e. The number of ether oxygens (including phenoxy) is 2. The number of fused-ring (bicyclic) bond motifs is 1. The molecule has 0 spiro atoms. The summed E-state index contributed by atoms with van der Waals surface area (Å²) in [6, 6.07) is 7.50. The maximum atomic E-state index is 12.6. The summed E-state index contributed by atoms with van der Waals surface area (Å²) in [5.74, 6) is 1.30. The highest BCUT2D eigenvalue weighted by Gasteiger charge is 2.37. The van der Waals surface area contributed by atoms with Gasteiger partial charge >= 0.3 is 0 Å². The predicted molar refractivity (Wildman–Crippen MR) is 74.7 cm³/mol. The van der Waals surface area contributed by atoms with Gasteiger partial charge in [0.15, 0.2) is 11.5 Å². The van der Waals surface area contributed by atoms with Crippen molar-refractivity contribution < 1.29 is 14.3 Å². The van der Waals surface area contributed by atoms with E-state index in [0.717, 1.165) is 19.4 Å². The number of para-hydroxylation sites is 2. The van der Waals surface area contributed by atoms with Crippen LogP contribution in [0.4, 0.5) is 0 Å². The molecule has 0 bridgehead atoms. The van der Waals surface area contributed by atoms with Gasteiger partial charge in [0.1, 0.15) is 6.10 Å². The molecule has 2 aliphatic heterocycles. The van der Waals surface area contributed by atoms with E-state index >= 15 is 0 Å². The molecule has 2 aliphatic rings. The molecule has 3 atom stereocenters. The molecule has 0 radical (unpaired) electrons. The summed E-state index contributed by atoms with van der Waals surface area (Å²) in [5.41, 5.74) is 5.94. The van der Waals surface area contributed by atoms with Crippen molar-refractivity contribution >= 4 is 5.91 Å². The quantitative estimate of drug-likeness (QED) is 0.836. The van der Waals surface area contributed by atoms with E-state index < -0.39 is 6.10 Å². The highest BCUT2D eigenvalue weighted by molar-refractivity contribution is 5.82. The number of benzene rings is 1. The molecular weight excluding hydrogens is 256 g/mol. The fourth-order valence-corrected chi connectivity index (χ4v) is 2.78. The molecule has 2 N–H and O–H groups in total. The molecule has 1 saturated heterocycles. The Morgan fingerprint density at radius 3 is 2.70 bits per heavy atom. The summed E-state index contributed by atoms with van der Waals surface area (Å²) in [4.78, 5) is 14.4. The number of piperidine rings is 1. The van der Waals surface area contributed by atoms with Crippen molar-refractivity contribution in [3.8, 4) is 11.5 Å². The van der Waals surface area contributed by atoms with E-state index in [9.17, 15) is 4.79 Å². The van der Waals surface area contributed by atoms with Gasteiger partial charge in [0.2, 0.25) is 6.10 Å². The Morgan fingerprint density at radius 2 is 2.00 bits per heavy atom. The summed E-state index contributed by atoms with van der Waals surface area (Å²) >= 11 is 0. The lowest BCUT2D eigenvalue weighted by Gasteiger charge is -2.37. The van der Waals surface area contributed by atoms with Crippen LogP contribution < -0.4 is 15.2 Å². The molecule has 2 heterocycles. The second-order valence-electron chi connectivity index (χ2n) is 5.49. The van der Waals surface area contributed by atoms with Gasteiger partial charge in [-0.05, 0) is 31.9 Å². The van der Waals surface area contributed by atoms with Crippen LogP contribution in [0.3, 0.4) is 0 Å². The Kier molecular flexibility index (Phi) is 3.53. The van der Waals surface area contributed by atoms with Crippen LogP contribution in [0.2, 0.25) is 0 Å². The van der Waals surface area contributed by atoms with Crippen LogP contribution in [-0.4, -0.2) is 42.1 Å². The standard InChI is InChI=1S/C15H20N2O3/c1-10-14(15(18)17-8-4-5-11(16)9-17)20-13-7-3-2-6-12(13)19-10/h2-3,6-7,10-11,14H,4-5,8-9,16H2,1H3.